The van der Waals surface area contributed by atoms with Crippen LogP contribution in [0.15, 0.2) is 48.5 Å². The van der Waals surface area contributed by atoms with Gasteiger partial charge in [-0.3, -0.25) is 4.79 Å². The molecule has 0 saturated carbocycles. The largest absolute Gasteiger partial charge is 0.480 e. The van der Waals surface area contributed by atoms with E-state index in [1.54, 1.807) is 19.0 Å². The normalized spacial score (nSPS) is 14.3. The van der Waals surface area contributed by atoms with Crippen molar-refractivity contribution in [1.82, 2.24) is 15.5 Å². The SMILES string of the molecule is CC(C)CC(NC(=O)OCC1c2ccccc2-c2ccccc21)C(=O)N[C@@H](CN(C)C)C(=O)O. The molecule has 2 atom stereocenters. The van der Waals surface area contributed by atoms with E-state index in [4.69, 9.17) is 4.74 Å². The average molecular weight is 468 g/mol. The summed E-state index contributed by atoms with van der Waals surface area (Å²) in [5.74, 6) is -1.67. The maximum absolute atomic E-state index is 12.8. The Labute approximate surface area is 200 Å². The molecule has 1 aliphatic carbocycles. The molecule has 2 aromatic rings. The molecular weight excluding hydrogens is 434 g/mol. The van der Waals surface area contributed by atoms with E-state index in [2.05, 4.69) is 22.8 Å². The lowest BCUT2D eigenvalue weighted by Crippen LogP contribution is -2.54. The van der Waals surface area contributed by atoms with Gasteiger partial charge in [0, 0.05) is 12.5 Å². The number of fused-ring (bicyclic) bond motifs is 3. The second-order valence-corrected chi connectivity index (χ2v) is 9.31. The molecule has 3 rings (SSSR count). The summed E-state index contributed by atoms with van der Waals surface area (Å²) in [7, 11) is 3.45. The van der Waals surface area contributed by atoms with Gasteiger partial charge in [-0.05, 0) is 48.7 Å². The first-order chi connectivity index (χ1) is 16.2. The van der Waals surface area contributed by atoms with Crippen molar-refractivity contribution >= 4 is 18.0 Å². The molecule has 0 heterocycles. The third-order valence-corrected chi connectivity index (χ3v) is 5.82. The van der Waals surface area contributed by atoms with Crippen molar-refractivity contribution in [2.45, 2.75) is 38.3 Å². The van der Waals surface area contributed by atoms with Crippen LogP contribution in [0.1, 0.15) is 37.3 Å². The van der Waals surface area contributed by atoms with Gasteiger partial charge in [0.2, 0.25) is 5.91 Å². The fourth-order valence-electron chi connectivity index (χ4n) is 4.31. The highest BCUT2D eigenvalue weighted by atomic mass is 16.5. The van der Waals surface area contributed by atoms with E-state index >= 15 is 0 Å². The minimum absolute atomic E-state index is 0.0907. The van der Waals surface area contributed by atoms with Gasteiger partial charge >= 0.3 is 12.1 Å². The summed E-state index contributed by atoms with van der Waals surface area (Å²) in [4.78, 5) is 38.7. The number of alkyl carbamates (subject to hydrolysis) is 1. The monoisotopic (exact) mass is 467 g/mol. The number of nitrogens with zero attached hydrogens (tertiary/aromatic N) is 1. The van der Waals surface area contributed by atoms with Crippen LogP contribution in [-0.4, -0.2) is 67.3 Å². The molecule has 0 radical (unpaired) electrons. The summed E-state index contributed by atoms with van der Waals surface area (Å²) in [6.45, 7) is 4.12. The molecule has 8 heteroatoms. The van der Waals surface area contributed by atoms with Gasteiger partial charge in [0.15, 0.2) is 0 Å². The van der Waals surface area contributed by atoms with Crippen molar-refractivity contribution in [2.75, 3.05) is 27.2 Å². The first-order valence-corrected chi connectivity index (χ1v) is 11.5. The van der Waals surface area contributed by atoms with Crippen LogP contribution < -0.4 is 10.6 Å². The molecule has 0 aromatic heterocycles. The number of carbonyl (C=O) groups is 3. The maximum Gasteiger partial charge on any atom is 0.407 e. The Morgan fingerprint density at radius 3 is 2.00 bits per heavy atom. The Kier molecular flexibility index (Phi) is 8.28. The maximum atomic E-state index is 12.8. The van der Waals surface area contributed by atoms with Crippen LogP contribution in [-0.2, 0) is 14.3 Å². The fourth-order valence-corrected chi connectivity index (χ4v) is 4.31. The number of hydrogen-bond donors (Lipinski definition) is 3. The summed E-state index contributed by atoms with van der Waals surface area (Å²) in [6.07, 6.45) is -0.355. The van der Waals surface area contributed by atoms with Gasteiger partial charge in [-0.15, -0.1) is 0 Å². The number of carbonyl (C=O) groups excluding carboxylic acids is 2. The molecule has 1 aliphatic rings. The van der Waals surface area contributed by atoms with Gasteiger partial charge in [-0.1, -0.05) is 62.4 Å². The van der Waals surface area contributed by atoms with Crippen LogP contribution in [0.3, 0.4) is 0 Å². The zero-order valence-electron chi connectivity index (χ0n) is 20.1. The molecule has 3 N–H and O–H groups in total. The second kappa shape index (κ2) is 11.2. The Morgan fingerprint density at radius 1 is 0.941 bits per heavy atom. The number of amides is 2. The molecule has 0 bridgehead atoms. The summed E-state index contributed by atoms with van der Waals surface area (Å²) >= 11 is 0. The lowest BCUT2D eigenvalue weighted by atomic mass is 9.98. The molecule has 0 saturated heterocycles. The van der Waals surface area contributed by atoms with Crippen molar-refractivity contribution in [3.8, 4) is 11.1 Å². The van der Waals surface area contributed by atoms with E-state index in [1.165, 1.54) is 0 Å². The van der Waals surface area contributed by atoms with Gasteiger partial charge < -0.3 is 25.4 Å². The van der Waals surface area contributed by atoms with Crippen molar-refractivity contribution in [2.24, 2.45) is 5.92 Å². The van der Waals surface area contributed by atoms with Crippen molar-refractivity contribution in [3.63, 3.8) is 0 Å². The zero-order valence-corrected chi connectivity index (χ0v) is 20.1. The minimum atomic E-state index is -1.13. The number of hydrogen-bond acceptors (Lipinski definition) is 5. The molecule has 8 nitrogen and oxygen atoms in total. The van der Waals surface area contributed by atoms with Gasteiger partial charge in [-0.25, -0.2) is 9.59 Å². The van der Waals surface area contributed by atoms with Gasteiger partial charge in [-0.2, -0.15) is 0 Å². The summed E-state index contributed by atoms with van der Waals surface area (Å²) in [5.41, 5.74) is 4.46. The minimum Gasteiger partial charge on any atom is -0.480 e. The first-order valence-electron chi connectivity index (χ1n) is 11.5. The Balaban J connectivity index is 1.66. The van der Waals surface area contributed by atoms with E-state index in [9.17, 15) is 19.5 Å². The fraction of sp³-hybridized carbons (Fsp3) is 0.423. The molecule has 2 amide bonds. The molecule has 182 valence electrons. The highest BCUT2D eigenvalue weighted by Crippen LogP contribution is 2.44. The van der Waals surface area contributed by atoms with E-state index in [1.807, 2.05) is 50.2 Å². The average Bonchev–Trinajstić information content (AvgIpc) is 3.10. The number of ether oxygens (including phenoxy) is 1. The highest BCUT2D eigenvalue weighted by Gasteiger charge is 2.31. The topological polar surface area (TPSA) is 108 Å². The third-order valence-electron chi connectivity index (χ3n) is 5.82. The number of nitrogens with one attached hydrogen (secondary N) is 2. The molecule has 0 fully saturated rings. The first kappa shape index (κ1) is 25.2. The van der Waals surface area contributed by atoms with Crippen molar-refractivity contribution < 1.29 is 24.2 Å². The predicted molar refractivity (Wildman–Crippen MR) is 130 cm³/mol. The van der Waals surface area contributed by atoms with Crippen molar-refractivity contribution in [3.05, 3.63) is 59.7 Å². The zero-order chi connectivity index (χ0) is 24.8. The van der Waals surface area contributed by atoms with Crippen LogP contribution in [0.2, 0.25) is 0 Å². The Hall–Kier alpha value is -3.39. The molecule has 1 unspecified atom stereocenters. The third kappa shape index (κ3) is 6.14. The van der Waals surface area contributed by atoms with Gasteiger partial charge in [0.25, 0.3) is 0 Å². The summed E-state index contributed by atoms with van der Waals surface area (Å²) in [5, 5.41) is 14.6. The molecular formula is C26H33N3O5. The quantitative estimate of drug-likeness (QED) is 0.496. The summed E-state index contributed by atoms with van der Waals surface area (Å²) in [6, 6.07) is 14.1. The lowest BCUT2D eigenvalue weighted by molar-refractivity contribution is -0.142. The number of benzene rings is 2. The van der Waals surface area contributed by atoms with E-state index in [0.717, 1.165) is 22.3 Å². The summed E-state index contributed by atoms with van der Waals surface area (Å²) < 4.78 is 5.56. The number of aliphatic carboxylic acids is 1. The second-order valence-electron chi connectivity index (χ2n) is 9.31. The van der Waals surface area contributed by atoms with E-state index in [0.29, 0.717) is 6.42 Å². The van der Waals surface area contributed by atoms with Crippen LogP contribution in [0.5, 0.6) is 0 Å². The van der Waals surface area contributed by atoms with Crippen LogP contribution >= 0.6 is 0 Å². The van der Waals surface area contributed by atoms with Gasteiger partial charge in [0.05, 0.1) is 0 Å². The number of likely N-dealkylation sites (N-methyl/N-ethyl adjacent to an activating group) is 1. The number of rotatable bonds is 10. The van der Waals surface area contributed by atoms with E-state index in [-0.39, 0.29) is 25.0 Å². The Morgan fingerprint density at radius 2 is 1.50 bits per heavy atom. The van der Waals surface area contributed by atoms with Crippen LogP contribution in [0.4, 0.5) is 4.79 Å². The molecule has 2 aromatic carbocycles. The van der Waals surface area contributed by atoms with Gasteiger partial charge in [0.1, 0.15) is 18.7 Å². The predicted octanol–water partition coefficient (Wildman–Crippen LogP) is 3.07. The molecule has 0 aliphatic heterocycles. The van der Waals surface area contributed by atoms with Crippen molar-refractivity contribution in [1.29, 1.82) is 0 Å². The Bertz CT molecular complexity index is 991. The molecule has 34 heavy (non-hydrogen) atoms. The van der Waals surface area contributed by atoms with E-state index < -0.39 is 30.1 Å². The number of carboxylic acid groups (broad SMARTS) is 1. The van der Waals surface area contributed by atoms with Crippen LogP contribution in [0.25, 0.3) is 11.1 Å². The smallest absolute Gasteiger partial charge is 0.407 e. The standard InChI is InChI=1S/C26H33N3O5/c1-16(2)13-22(24(30)27-23(25(31)32)14-29(3)4)28-26(33)34-15-21-19-11-7-5-9-17(19)18-10-6-8-12-20(18)21/h5-12,16,21-23H,13-15H2,1-4H3,(H,27,30)(H,28,33)(H,31,32)/t22?,23-/m0/s1. The molecule has 0 spiro atoms. The number of carboxylic acids is 1. The lowest BCUT2D eigenvalue weighted by Gasteiger charge is -2.24. The van der Waals surface area contributed by atoms with Crippen LogP contribution in [0, 0.1) is 5.92 Å². The highest BCUT2D eigenvalue weighted by molar-refractivity contribution is 5.89.